The highest BCUT2D eigenvalue weighted by Crippen LogP contribution is 2.31. The molecule has 9 nitrogen and oxygen atoms in total. The average Bonchev–Trinajstić information content (AvgIpc) is 3.29. The van der Waals surface area contributed by atoms with Gasteiger partial charge in [-0.25, -0.2) is 9.98 Å². The number of rotatable bonds is 4. The first kappa shape index (κ1) is 19.0. The fourth-order valence-electron chi connectivity index (χ4n) is 3.57. The maximum Gasteiger partial charge on any atom is 0.321 e. The van der Waals surface area contributed by atoms with E-state index in [1.54, 1.807) is 25.3 Å². The number of furan rings is 1. The lowest BCUT2D eigenvalue weighted by Crippen LogP contribution is -2.57. The molecule has 2 aromatic rings. The molecule has 0 saturated carbocycles. The van der Waals surface area contributed by atoms with Gasteiger partial charge >= 0.3 is 5.97 Å². The minimum Gasteiger partial charge on any atom is -0.467 e. The number of guanidine groups is 1. The van der Waals surface area contributed by atoms with Crippen LogP contribution in [0.1, 0.15) is 18.7 Å². The van der Waals surface area contributed by atoms with Gasteiger partial charge in [0.25, 0.3) is 0 Å². The Bertz CT molecular complexity index is 876. The van der Waals surface area contributed by atoms with E-state index in [0.717, 1.165) is 18.9 Å². The Morgan fingerprint density at radius 1 is 1.21 bits per heavy atom. The Balaban J connectivity index is 1.53. The van der Waals surface area contributed by atoms with E-state index in [1.165, 1.54) is 6.26 Å². The van der Waals surface area contributed by atoms with Gasteiger partial charge in [-0.05, 0) is 31.2 Å². The van der Waals surface area contributed by atoms with Gasteiger partial charge < -0.3 is 19.0 Å². The summed E-state index contributed by atoms with van der Waals surface area (Å²) >= 11 is 0. The number of piperazine rings is 1. The first-order valence-electron chi connectivity index (χ1n) is 9.67. The molecule has 29 heavy (non-hydrogen) atoms. The minimum atomic E-state index is -1.07. The zero-order valence-corrected chi connectivity index (χ0v) is 16.2. The van der Waals surface area contributed by atoms with Crippen LogP contribution in [0.15, 0.2) is 52.2 Å². The molecule has 2 aromatic heterocycles. The van der Waals surface area contributed by atoms with Crippen molar-refractivity contribution < 1.29 is 18.7 Å². The largest absolute Gasteiger partial charge is 0.467 e. The molecule has 152 valence electrons. The molecular formula is C20H23N5O4. The van der Waals surface area contributed by atoms with Gasteiger partial charge in [-0.1, -0.05) is 6.07 Å². The maximum atomic E-state index is 12.8. The smallest absolute Gasteiger partial charge is 0.321 e. The van der Waals surface area contributed by atoms with E-state index in [4.69, 9.17) is 9.15 Å². The summed E-state index contributed by atoms with van der Waals surface area (Å²) in [6.45, 7) is 4.74. The Kier molecular flexibility index (Phi) is 5.46. The number of esters is 1. The van der Waals surface area contributed by atoms with Crippen molar-refractivity contribution in [3.8, 4) is 0 Å². The van der Waals surface area contributed by atoms with E-state index in [2.05, 4.69) is 20.2 Å². The number of hydrogen-bond acceptors (Lipinski definition) is 8. The second-order valence-electron chi connectivity index (χ2n) is 6.79. The molecular weight excluding hydrogens is 374 g/mol. The zero-order valence-electron chi connectivity index (χ0n) is 16.2. The lowest BCUT2D eigenvalue weighted by atomic mass is 9.95. The lowest BCUT2D eigenvalue weighted by molar-refractivity contribution is -0.153. The molecule has 0 aliphatic carbocycles. The summed E-state index contributed by atoms with van der Waals surface area (Å²) in [4.78, 5) is 38.4. The standard InChI is InChI=1S/C20H23N5O4/c1-2-28-19(27)16-17(14-6-5-13-29-14)22-20(23-18(16)26)25-11-9-24(10-12-25)15-7-3-4-8-21-15/h3-8,13,16-17H,2,9-12H2,1H3,(H,22,23,26)/t16-,17+/m0/s1. The number of hydrogen-bond donors (Lipinski definition) is 1. The summed E-state index contributed by atoms with van der Waals surface area (Å²) in [5, 5.41) is 2.78. The third kappa shape index (κ3) is 3.94. The quantitative estimate of drug-likeness (QED) is 0.611. The fourth-order valence-corrected chi connectivity index (χ4v) is 3.57. The summed E-state index contributed by atoms with van der Waals surface area (Å²) in [6, 6.07) is 8.51. The van der Waals surface area contributed by atoms with Crippen LogP contribution < -0.4 is 10.2 Å². The lowest BCUT2D eigenvalue weighted by Gasteiger charge is -2.39. The highest BCUT2D eigenvalue weighted by Gasteiger charge is 2.43. The number of nitrogens with one attached hydrogen (secondary N) is 1. The molecule has 1 saturated heterocycles. The van der Waals surface area contributed by atoms with Gasteiger partial charge in [-0.15, -0.1) is 0 Å². The van der Waals surface area contributed by atoms with Crippen LogP contribution in [-0.2, 0) is 14.3 Å². The van der Waals surface area contributed by atoms with Crippen molar-refractivity contribution in [2.24, 2.45) is 10.9 Å². The molecule has 0 radical (unpaired) electrons. The molecule has 0 aromatic carbocycles. The molecule has 9 heteroatoms. The SMILES string of the molecule is CCOC(=O)[C@@H]1C(=O)NC(N2CCN(c3ccccn3)CC2)=N[C@@H]1c1ccco1. The van der Waals surface area contributed by atoms with Crippen molar-refractivity contribution in [1.82, 2.24) is 15.2 Å². The number of nitrogens with zero attached hydrogens (tertiary/aromatic N) is 4. The predicted molar refractivity (Wildman–Crippen MR) is 105 cm³/mol. The number of carbonyl (C=O) groups excluding carboxylic acids is 2. The number of pyridine rings is 1. The average molecular weight is 397 g/mol. The van der Waals surface area contributed by atoms with E-state index in [9.17, 15) is 9.59 Å². The molecule has 0 unspecified atom stereocenters. The van der Waals surface area contributed by atoms with Crippen molar-refractivity contribution in [2.75, 3.05) is 37.7 Å². The number of anilines is 1. The van der Waals surface area contributed by atoms with Crippen LogP contribution in [0.25, 0.3) is 0 Å². The summed E-state index contributed by atoms with van der Waals surface area (Å²) in [5.74, 6) is -0.256. The Morgan fingerprint density at radius 2 is 2.00 bits per heavy atom. The van der Waals surface area contributed by atoms with Crippen molar-refractivity contribution in [3.05, 3.63) is 48.6 Å². The second-order valence-corrected chi connectivity index (χ2v) is 6.79. The number of ether oxygens (including phenoxy) is 1. The van der Waals surface area contributed by atoms with Gasteiger partial charge in [0.2, 0.25) is 11.9 Å². The van der Waals surface area contributed by atoms with Crippen LogP contribution in [0.5, 0.6) is 0 Å². The number of carbonyl (C=O) groups is 2. The maximum absolute atomic E-state index is 12.8. The number of amides is 1. The van der Waals surface area contributed by atoms with Crippen molar-refractivity contribution in [3.63, 3.8) is 0 Å². The van der Waals surface area contributed by atoms with E-state index >= 15 is 0 Å². The third-order valence-corrected chi connectivity index (χ3v) is 5.02. The van der Waals surface area contributed by atoms with Gasteiger partial charge in [0.05, 0.1) is 12.9 Å². The van der Waals surface area contributed by atoms with Crippen molar-refractivity contribution >= 4 is 23.7 Å². The highest BCUT2D eigenvalue weighted by atomic mass is 16.5. The van der Waals surface area contributed by atoms with Crippen LogP contribution in [0.2, 0.25) is 0 Å². The summed E-state index contributed by atoms with van der Waals surface area (Å²) < 4.78 is 10.5. The molecule has 1 N–H and O–H groups in total. The second kappa shape index (κ2) is 8.34. The van der Waals surface area contributed by atoms with Crippen molar-refractivity contribution in [1.29, 1.82) is 0 Å². The molecule has 0 bridgehead atoms. The number of aliphatic imine (C=N–C) groups is 1. The van der Waals surface area contributed by atoms with E-state index < -0.39 is 23.8 Å². The van der Waals surface area contributed by atoms with Crippen LogP contribution in [0.3, 0.4) is 0 Å². The Morgan fingerprint density at radius 3 is 2.66 bits per heavy atom. The van der Waals surface area contributed by atoms with Gasteiger partial charge in [-0.3, -0.25) is 14.9 Å². The summed E-state index contributed by atoms with van der Waals surface area (Å²) in [7, 11) is 0. The molecule has 4 heterocycles. The highest BCUT2D eigenvalue weighted by molar-refractivity contribution is 6.08. The van der Waals surface area contributed by atoms with Gasteiger partial charge in [-0.2, -0.15) is 0 Å². The summed E-state index contributed by atoms with van der Waals surface area (Å²) in [5.41, 5.74) is 0. The monoisotopic (exact) mass is 397 g/mol. The first-order valence-corrected chi connectivity index (χ1v) is 9.67. The zero-order chi connectivity index (χ0) is 20.2. The first-order chi connectivity index (χ1) is 14.2. The topological polar surface area (TPSA) is 100 Å². The molecule has 2 aliphatic heterocycles. The van der Waals surface area contributed by atoms with Gasteiger partial charge in [0.15, 0.2) is 5.92 Å². The van der Waals surface area contributed by atoms with Crippen LogP contribution in [-0.4, -0.2) is 60.5 Å². The molecule has 4 rings (SSSR count). The normalized spacial score (nSPS) is 22.1. The van der Waals surface area contributed by atoms with E-state index in [1.807, 2.05) is 23.1 Å². The summed E-state index contributed by atoms with van der Waals surface area (Å²) in [6.07, 6.45) is 3.28. The van der Waals surface area contributed by atoms with Crippen LogP contribution >= 0.6 is 0 Å². The Hall–Kier alpha value is -3.36. The van der Waals surface area contributed by atoms with Gasteiger partial charge in [0.1, 0.15) is 17.6 Å². The number of aromatic nitrogens is 1. The molecule has 2 aliphatic rings. The molecule has 1 amide bonds. The molecule has 1 fully saturated rings. The van der Waals surface area contributed by atoms with Crippen molar-refractivity contribution in [2.45, 2.75) is 13.0 Å². The Labute approximate surface area is 168 Å². The van der Waals surface area contributed by atoms with Gasteiger partial charge in [0, 0.05) is 32.4 Å². The fraction of sp³-hybridized carbons (Fsp3) is 0.400. The van der Waals surface area contributed by atoms with Crippen LogP contribution in [0, 0.1) is 5.92 Å². The molecule has 0 spiro atoms. The third-order valence-electron chi connectivity index (χ3n) is 5.02. The van der Waals surface area contributed by atoms with Crippen LogP contribution in [0.4, 0.5) is 5.82 Å². The molecule has 2 atom stereocenters. The minimum absolute atomic E-state index is 0.194. The van der Waals surface area contributed by atoms with E-state index in [0.29, 0.717) is 24.8 Å². The van der Waals surface area contributed by atoms with E-state index in [-0.39, 0.29) is 6.61 Å². The predicted octanol–water partition coefficient (Wildman–Crippen LogP) is 1.20.